The minimum atomic E-state index is -3.66. The fourth-order valence-corrected chi connectivity index (χ4v) is 2.73. The van der Waals surface area contributed by atoms with Crippen LogP contribution >= 0.6 is 0 Å². The SMILES string of the molecule is C[C@H](c1ccccc1)N(C)CCOc1ccc(S(N)(=O)=O)cc1. The van der Waals surface area contributed by atoms with E-state index >= 15 is 0 Å². The van der Waals surface area contributed by atoms with Crippen LogP contribution in [0.4, 0.5) is 0 Å². The number of hydrogen-bond donors (Lipinski definition) is 1. The number of likely N-dealkylation sites (N-methyl/N-ethyl adjacent to an activating group) is 1. The van der Waals surface area contributed by atoms with Crippen molar-refractivity contribution >= 4 is 10.0 Å². The zero-order valence-electron chi connectivity index (χ0n) is 13.3. The van der Waals surface area contributed by atoms with Crippen molar-refractivity contribution in [2.75, 3.05) is 20.2 Å². The van der Waals surface area contributed by atoms with Crippen molar-refractivity contribution in [1.29, 1.82) is 0 Å². The van der Waals surface area contributed by atoms with Gasteiger partial charge in [-0.2, -0.15) is 0 Å². The number of rotatable bonds is 7. The van der Waals surface area contributed by atoms with Gasteiger partial charge in [-0.3, -0.25) is 4.90 Å². The first-order chi connectivity index (χ1) is 10.9. The molecular weight excluding hydrogens is 312 g/mol. The normalized spacial score (nSPS) is 13.0. The van der Waals surface area contributed by atoms with Gasteiger partial charge in [0.25, 0.3) is 0 Å². The Morgan fingerprint density at radius 3 is 2.26 bits per heavy atom. The molecule has 6 heteroatoms. The van der Waals surface area contributed by atoms with Crippen LogP contribution in [0.25, 0.3) is 0 Å². The first-order valence-corrected chi connectivity index (χ1v) is 8.93. The minimum Gasteiger partial charge on any atom is -0.492 e. The van der Waals surface area contributed by atoms with E-state index in [4.69, 9.17) is 9.88 Å². The molecule has 23 heavy (non-hydrogen) atoms. The number of ether oxygens (including phenoxy) is 1. The van der Waals surface area contributed by atoms with Gasteiger partial charge < -0.3 is 4.74 Å². The zero-order valence-corrected chi connectivity index (χ0v) is 14.2. The number of hydrogen-bond acceptors (Lipinski definition) is 4. The molecule has 0 fully saturated rings. The molecule has 0 saturated carbocycles. The fourth-order valence-electron chi connectivity index (χ4n) is 2.21. The van der Waals surface area contributed by atoms with Crippen LogP contribution in [0.3, 0.4) is 0 Å². The van der Waals surface area contributed by atoms with Crippen molar-refractivity contribution in [3.63, 3.8) is 0 Å². The van der Waals surface area contributed by atoms with Gasteiger partial charge in [-0.05, 0) is 43.8 Å². The topological polar surface area (TPSA) is 72.6 Å². The Kier molecular flexibility index (Phi) is 5.76. The van der Waals surface area contributed by atoms with Gasteiger partial charge in [0.2, 0.25) is 10.0 Å². The van der Waals surface area contributed by atoms with E-state index in [1.807, 2.05) is 25.2 Å². The van der Waals surface area contributed by atoms with Crippen molar-refractivity contribution in [1.82, 2.24) is 4.90 Å². The van der Waals surface area contributed by atoms with Crippen LogP contribution < -0.4 is 9.88 Å². The van der Waals surface area contributed by atoms with Gasteiger partial charge >= 0.3 is 0 Å². The van der Waals surface area contributed by atoms with E-state index in [1.54, 1.807) is 12.1 Å². The third-order valence-corrected chi connectivity index (χ3v) is 4.74. The van der Waals surface area contributed by atoms with Crippen molar-refractivity contribution in [2.45, 2.75) is 17.9 Å². The van der Waals surface area contributed by atoms with Crippen molar-refractivity contribution in [3.8, 4) is 5.75 Å². The summed E-state index contributed by atoms with van der Waals surface area (Å²) in [5.74, 6) is 0.623. The number of nitrogens with two attached hydrogens (primary N) is 1. The molecule has 0 unspecified atom stereocenters. The van der Waals surface area contributed by atoms with Crippen molar-refractivity contribution in [3.05, 3.63) is 60.2 Å². The highest BCUT2D eigenvalue weighted by molar-refractivity contribution is 7.89. The summed E-state index contributed by atoms with van der Waals surface area (Å²) in [6, 6.07) is 16.7. The fraction of sp³-hybridized carbons (Fsp3) is 0.294. The second kappa shape index (κ2) is 7.59. The van der Waals surface area contributed by atoms with E-state index in [-0.39, 0.29) is 4.90 Å². The first-order valence-electron chi connectivity index (χ1n) is 7.39. The van der Waals surface area contributed by atoms with Gasteiger partial charge in [0.15, 0.2) is 0 Å². The molecule has 0 spiro atoms. The lowest BCUT2D eigenvalue weighted by molar-refractivity contribution is 0.201. The summed E-state index contributed by atoms with van der Waals surface area (Å²) in [5, 5.41) is 5.06. The van der Waals surface area contributed by atoms with Crippen LogP contribution in [0.1, 0.15) is 18.5 Å². The summed E-state index contributed by atoms with van der Waals surface area (Å²) in [6.07, 6.45) is 0. The van der Waals surface area contributed by atoms with Crippen LogP contribution in [-0.4, -0.2) is 33.5 Å². The Morgan fingerprint density at radius 2 is 1.70 bits per heavy atom. The van der Waals surface area contributed by atoms with E-state index in [2.05, 4.69) is 24.0 Å². The highest BCUT2D eigenvalue weighted by Gasteiger charge is 2.11. The molecule has 0 aliphatic heterocycles. The van der Waals surface area contributed by atoms with Gasteiger partial charge in [0, 0.05) is 12.6 Å². The smallest absolute Gasteiger partial charge is 0.238 e. The molecule has 2 rings (SSSR count). The molecule has 5 nitrogen and oxygen atoms in total. The number of nitrogens with zero attached hydrogens (tertiary/aromatic N) is 1. The summed E-state index contributed by atoms with van der Waals surface area (Å²) >= 11 is 0. The van der Waals surface area contributed by atoms with E-state index < -0.39 is 10.0 Å². The predicted octanol–water partition coefficient (Wildman–Crippen LogP) is 2.41. The Hall–Kier alpha value is -1.89. The molecule has 124 valence electrons. The number of benzene rings is 2. The monoisotopic (exact) mass is 334 g/mol. The highest BCUT2D eigenvalue weighted by Crippen LogP contribution is 2.18. The Bertz CT molecular complexity index is 715. The van der Waals surface area contributed by atoms with Gasteiger partial charge in [0.05, 0.1) is 4.90 Å². The number of sulfonamides is 1. The molecule has 2 aromatic rings. The second-order valence-electron chi connectivity index (χ2n) is 5.43. The molecule has 0 saturated heterocycles. The molecule has 0 aromatic heterocycles. The van der Waals surface area contributed by atoms with E-state index in [0.717, 1.165) is 6.54 Å². The lowest BCUT2D eigenvalue weighted by atomic mass is 10.1. The van der Waals surface area contributed by atoms with Gasteiger partial charge in [0.1, 0.15) is 12.4 Å². The first kappa shape index (κ1) is 17.5. The molecule has 1 atom stereocenters. The van der Waals surface area contributed by atoms with Crippen LogP contribution in [0.15, 0.2) is 59.5 Å². The highest BCUT2D eigenvalue weighted by atomic mass is 32.2. The third kappa shape index (κ3) is 5.06. The average Bonchev–Trinajstić information content (AvgIpc) is 2.54. The molecule has 0 bridgehead atoms. The molecule has 0 aliphatic carbocycles. The molecule has 0 heterocycles. The molecule has 0 radical (unpaired) electrons. The maximum Gasteiger partial charge on any atom is 0.238 e. The van der Waals surface area contributed by atoms with Crippen LogP contribution in [0, 0.1) is 0 Å². The van der Waals surface area contributed by atoms with E-state index in [1.165, 1.54) is 17.7 Å². The van der Waals surface area contributed by atoms with Crippen LogP contribution in [0.5, 0.6) is 5.75 Å². The molecule has 0 amide bonds. The molecule has 2 N–H and O–H groups in total. The minimum absolute atomic E-state index is 0.0830. The summed E-state index contributed by atoms with van der Waals surface area (Å²) in [6.45, 7) is 3.42. The standard InChI is InChI=1S/C17H22N2O3S/c1-14(15-6-4-3-5-7-15)19(2)12-13-22-16-8-10-17(11-9-16)23(18,20)21/h3-11,14H,12-13H2,1-2H3,(H2,18,20,21)/t14-/m1/s1. The van der Waals surface area contributed by atoms with Gasteiger partial charge in [-0.25, -0.2) is 13.6 Å². The summed E-state index contributed by atoms with van der Waals surface area (Å²) in [7, 11) is -1.61. The van der Waals surface area contributed by atoms with Crippen LogP contribution in [0.2, 0.25) is 0 Å². The van der Waals surface area contributed by atoms with E-state index in [9.17, 15) is 8.42 Å². The summed E-state index contributed by atoms with van der Waals surface area (Å²) in [5.41, 5.74) is 1.26. The Morgan fingerprint density at radius 1 is 1.09 bits per heavy atom. The number of primary sulfonamides is 1. The molecule has 0 aliphatic rings. The lowest BCUT2D eigenvalue weighted by Crippen LogP contribution is -2.27. The van der Waals surface area contributed by atoms with Crippen LogP contribution in [-0.2, 0) is 10.0 Å². The summed E-state index contributed by atoms with van der Waals surface area (Å²) in [4.78, 5) is 2.29. The summed E-state index contributed by atoms with van der Waals surface area (Å²) < 4.78 is 28.0. The molecular formula is C17H22N2O3S. The maximum absolute atomic E-state index is 11.2. The van der Waals surface area contributed by atoms with E-state index in [0.29, 0.717) is 18.4 Å². The van der Waals surface area contributed by atoms with Crippen molar-refractivity contribution < 1.29 is 13.2 Å². The largest absolute Gasteiger partial charge is 0.492 e. The van der Waals surface area contributed by atoms with Crippen molar-refractivity contribution in [2.24, 2.45) is 5.14 Å². The Balaban J connectivity index is 1.85. The van der Waals surface area contributed by atoms with Gasteiger partial charge in [-0.15, -0.1) is 0 Å². The maximum atomic E-state index is 11.2. The van der Waals surface area contributed by atoms with Gasteiger partial charge in [-0.1, -0.05) is 30.3 Å². The predicted molar refractivity (Wildman–Crippen MR) is 90.8 cm³/mol. The quantitative estimate of drug-likeness (QED) is 0.844. The zero-order chi connectivity index (χ0) is 16.9. The second-order valence-corrected chi connectivity index (χ2v) is 6.99. The third-order valence-electron chi connectivity index (χ3n) is 3.81. The Labute approximate surface area is 137 Å². The average molecular weight is 334 g/mol. The molecule has 2 aromatic carbocycles. The lowest BCUT2D eigenvalue weighted by Gasteiger charge is -2.25.